The van der Waals surface area contributed by atoms with Gasteiger partial charge in [0, 0.05) is 24.4 Å². The van der Waals surface area contributed by atoms with Crippen molar-refractivity contribution in [1.29, 1.82) is 0 Å². The van der Waals surface area contributed by atoms with Crippen LogP contribution in [0.25, 0.3) is 0 Å². The van der Waals surface area contributed by atoms with E-state index in [1.165, 1.54) is 4.88 Å². The minimum atomic E-state index is -0.564. The van der Waals surface area contributed by atoms with Crippen molar-refractivity contribution in [2.24, 2.45) is 5.73 Å². The SMILES string of the molecule is CCN1CCc2nc(NC(=O)C(N)Cc3ccccc3)sc2C1. The van der Waals surface area contributed by atoms with Gasteiger partial charge in [0.15, 0.2) is 5.13 Å². The first-order chi connectivity index (χ1) is 11.2. The van der Waals surface area contributed by atoms with Gasteiger partial charge in [-0.25, -0.2) is 4.98 Å². The summed E-state index contributed by atoms with van der Waals surface area (Å²) in [6.07, 6.45) is 1.48. The summed E-state index contributed by atoms with van der Waals surface area (Å²) in [6, 6.07) is 9.26. The Kier molecular flexibility index (Phi) is 5.05. The van der Waals surface area contributed by atoms with Crippen molar-refractivity contribution in [2.45, 2.75) is 32.4 Å². The third-order valence-corrected chi connectivity index (χ3v) is 5.12. The number of hydrogen-bond donors (Lipinski definition) is 2. The normalized spacial score (nSPS) is 15.9. The van der Waals surface area contributed by atoms with E-state index in [9.17, 15) is 4.79 Å². The van der Waals surface area contributed by atoms with E-state index < -0.39 is 6.04 Å². The van der Waals surface area contributed by atoms with Crippen LogP contribution >= 0.6 is 11.3 Å². The second-order valence-corrected chi connectivity index (χ2v) is 6.88. The van der Waals surface area contributed by atoms with Gasteiger partial charge in [0.2, 0.25) is 5.91 Å². The topological polar surface area (TPSA) is 71.2 Å². The second-order valence-electron chi connectivity index (χ2n) is 5.79. The summed E-state index contributed by atoms with van der Waals surface area (Å²) in [6.45, 7) is 5.17. The van der Waals surface area contributed by atoms with Gasteiger partial charge >= 0.3 is 0 Å². The van der Waals surface area contributed by atoms with E-state index in [0.717, 1.165) is 37.3 Å². The van der Waals surface area contributed by atoms with Crippen molar-refractivity contribution in [3.05, 3.63) is 46.5 Å². The maximum absolute atomic E-state index is 12.3. The Hall–Kier alpha value is -1.76. The molecule has 3 rings (SSSR count). The van der Waals surface area contributed by atoms with E-state index in [4.69, 9.17) is 5.73 Å². The van der Waals surface area contributed by atoms with Crippen LogP contribution in [0.4, 0.5) is 5.13 Å². The molecule has 1 amide bonds. The van der Waals surface area contributed by atoms with Gasteiger partial charge in [-0.3, -0.25) is 9.69 Å². The molecule has 1 aliphatic heterocycles. The Morgan fingerprint density at radius 1 is 1.43 bits per heavy atom. The average molecular weight is 330 g/mol. The van der Waals surface area contributed by atoms with Gasteiger partial charge in [-0.05, 0) is 18.5 Å². The van der Waals surface area contributed by atoms with E-state index in [0.29, 0.717) is 11.6 Å². The Balaban J connectivity index is 1.61. The fourth-order valence-electron chi connectivity index (χ4n) is 2.73. The number of nitrogens with one attached hydrogen (secondary N) is 1. The first-order valence-corrected chi connectivity index (χ1v) is 8.78. The van der Waals surface area contributed by atoms with Gasteiger partial charge in [-0.1, -0.05) is 37.3 Å². The summed E-state index contributed by atoms with van der Waals surface area (Å²) in [5.74, 6) is -0.174. The standard InChI is InChI=1S/C17H22N4OS/c1-2-21-9-8-14-15(11-21)23-17(19-14)20-16(22)13(18)10-12-6-4-3-5-7-12/h3-7,13H,2,8-11,18H2,1H3,(H,19,20,22). The summed E-state index contributed by atoms with van der Waals surface area (Å²) in [5.41, 5.74) is 8.20. The highest BCUT2D eigenvalue weighted by Gasteiger charge is 2.21. The summed E-state index contributed by atoms with van der Waals surface area (Å²) in [4.78, 5) is 20.5. The number of nitrogens with zero attached hydrogens (tertiary/aromatic N) is 2. The predicted molar refractivity (Wildman–Crippen MR) is 93.5 cm³/mol. The molecule has 6 heteroatoms. The maximum atomic E-state index is 12.3. The zero-order chi connectivity index (χ0) is 16.2. The van der Waals surface area contributed by atoms with E-state index in [1.807, 2.05) is 30.3 Å². The number of anilines is 1. The van der Waals surface area contributed by atoms with Crippen LogP contribution in [0.3, 0.4) is 0 Å². The first-order valence-electron chi connectivity index (χ1n) is 7.97. The van der Waals surface area contributed by atoms with Crippen LogP contribution in [0.15, 0.2) is 30.3 Å². The van der Waals surface area contributed by atoms with Crippen molar-refractivity contribution in [2.75, 3.05) is 18.4 Å². The van der Waals surface area contributed by atoms with Crippen LogP contribution in [0.1, 0.15) is 23.1 Å². The van der Waals surface area contributed by atoms with E-state index in [1.54, 1.807) is 11.3 Å². The number of carbonyl (C=O) groups is 1. The van der Waals surface area contributed by atoms with Crippen LogP contribution in [0.2, 0.25) is 0 Å². The highest BCUT2D eigenvalue weighted by molar-refractivity contribution is 7.15. The number of rotatable bonds is 5. The van der Waals surface area contributed by atoms with Gasteiger partial charge in [0.05, 0.1) is 11.7 Å². The van der Waals surface area contributed by atoms with Gasteiger partial charge in [0.25, 0.3) is 0 Å². The van der Waals surface area contributed by atoms with E-state index >= 15 is 0 Å². The van der Waals surface area contributed by atoms with Gasteiger partial charge in [-0.15, -0.1) is 11.3 Å². The Morgan fingerprint density at radius 2 is 2.22 bits per heavy atom. The molecule has 0 radical (unpaired) electrons. The minimum Gasteiger partial charge on any atom is -0.320 e. The molecule has 1 aromatic carbocycles. The third-order valence-electron chi connectivity index (χ3n) is 4.12. The largest absolute Gasteiger partial charge is 0.320 e. The fraction of sp³-hybridized carbons (Fsp3) is 0.412. The molecule has 0 aliphatic carbocycles. The predicted octanol–water partition coefficient (Wildman–Crippen LogP) is 2.03. The number of carbonyl (C=O) groups excluding carboxylic acids is 1. The van der Waals surface area contributed by atoms with Crippen LogP contribution < -0.4 is 11.1 Å². The molecular weight excluding hydrogens is 308 g/mol. The zero-order valence-electron chi connectivity index (χ0n) is 13.3. The number of benzene rings is 1. The molecule has 2 heterocycles. The highest BCUT2D eigenvalue weighted by Crippen LogP contribution is 2.28. The third kappa shape index (κ3) is 3.96. The molecule has 0 fully saturated rings. The van der Waals surface area contributed by atoms with Crippen molar-refractivity contribution in [1.82, 2.24) is 9.88 Å². The molecule has 1 aliphatic rings. The average Bonchev–Trinajstić information content (AvgIpc) is 2.96. The van der Waals surface area contributed by atoms with Crippen molar-refractivity contribution in [3.8, 4) is 0 Å². The summed E-state index contributed by atoms with van der Waals surface area (Å²) in [5, 5.41) is 3.54. The lowest BCUT2D eigenvalue weighted by molar-refractivity contribution is -0.117. The van der Waals surface area contributed by atoms with E-state index in [2.05, 4.69) is 22.1 Å². The molecule has 1 unspecified atom stereocenters. The number of nitrogens with two attached hydrogens (primary N) is 1. The fourth-order valence-corrected chi connectivity index (χ4v) is 3.78. The number of likely N-dealkylation sites (N-methyl/N-ethyl adjacent to an activating group) is 1. The molecule has 0 saturated heterocycles. The van der Waals surface area contributed by atoms with E-state index in [-0.39, 0.29) is 5.91 Å². The van der Waals surface area contributed by atoms with Crippen molar-refractivity contribution >= 4 is 22.4 Å². The molecular formula is C17H22N4OS. The lowest BCUT2D eigenvalue weighted by Gasteiger charge is -2.23. The van der Waals surface area contributed by atoms with Gasteiger partial charge < -0.3 is 11.1 Å². The molecule has 0 spiro atoms. The quantitative estimate of drug-likeness (QED) is 0.880. The number of hydrogen-bond acceptors (Lipinski definition) is 5. The number of fused-ring (bicyclic) bond motifs is 1. The molecule has 2 aromatic rings. The van der Waals surface area contributed by atoms with Crippen molar-refractivity contribution < 1.29 is 4.79 Å². The highest BCUT2D eigenvalue weighted by atomic mass is 32.1. The molecule has 1 atom stereocenters. The summed E-state index contributed by atoms with van der Waals surface area (Å²) < 4.78 is 0. The first kappa shape index (κ1) is 16.1. The second kappa shape index (κ2) is 7.21. The molecule has 0 saturated carbocycles. The lowest BCUT2D eigenvalue weighted by Crippen LogP contribution is -2.37. The molecule has 3 N–H and O–H groups in total. The molecule has 1 aromatic heterocycles. The molecule has 122 valence electrons. The monoisotopic (exact) mass is 330 g/mol. The summed E-state index contributed by atoms with van der Waals surface area (Å²) >= 11 is 1.57. The van der Waals surface area contributed by atoms with Crippen LogP contribution in [-0.2, 0) is 24.2 Å². The van der Waals surface area contributed by atoms with Crippen LogP contribution in [0.5, 0.6) is 0 Å². The van der Waals surface area contributed by atoms with Gasteiger partial charge in [0.1, 0.15) is 0 Å². The number of aromatic nitrogens is 1. The lowest BCUT2D eigenvalue weighted by atomic mass is 10.1. The number of thiazole rings is 1. The summed E-state index contributed by atoms with van der Waals surface area (Å²) in [7, 11) is 0. The van der Waals surface area contributed by atoms with Crippen molar-refractivity contribution in [3.63, 3.8) is 0 Å². The Morgan fingerprint density at radius 3 is 2.96 bits per heavy atom. The van der Waals surface area contributed by atoms with Crippen LogP contribution in [0, 0.1) is 0 Å². The molecule has 0 bridgehead atoms. The Labute approximate surface area is 140 Å². The molecule has 23 heavy (non-hydrogen) atoms. The Bertz CT molecular complexity index is 670. The van der Waals surface area contributed by atoms with Crippen LogP contribution in [-0.4, -0.2) is 34.9 Å². The maximum Gasteiger partial charge on any atom is 0.243 e. The number of amides is 1. The minimum absolute atomic E-state index is 0.174. The van der Waals surface area contributed by atoms with Gasteiger partial charge in [-0.2, -0.15) is 0 Å². The molecule has 5 nitrogen and oxygen atoms in total. The smallest absolute Gasteiger partial charge is 0.243 e. The zero-order valence-corrected chi connectivity index (χ0v) is 14.1.